The molecule has 0 radical (unpaired) electrons. The lowest BCUT2D eigenvalue weighted by molar-refractivity contribution is 0.371. The lowest BCUT2D eigenvalue weighted by Crippen LogP contribution is -2.16. The summed E-state index contributed by atoms with van der Waals surface area (Å²) in [5, 5.41) is 0. The lowest BCUT2D eigenvalue weighted by Gasteiger charge is -2.01. The maximum absolute atomic E-state index is 10.2. The minimum Gasteiger partial charge on any atom is -0.324 e. The molecule has 0 saturated heterocycles. The Kier molecular flexibility index (Phi) is 4.32. The van der Waals surface area contributed by atoms with Crippen LogP contribution in [0.25, 0.3) is 0 Å². The van der Waals surface area contributed by atoms with Gasteiger partial charge in [-0.1, -0.05) is 0 Å². The smallest absolute Gasteiger partial charge is 0.324 e. The number of hydrogen-bond donors (Lipinski definition) is 4. The van der Waals surface area contributed by atoms with Gasteiger partial charge in [0.1, 0.15) is 0 Å². The highest BCUT2D eigenvalue weighted by atomic mass is 31.2. The van der Waals surface area contributed by atoms with E-state index in [1.807, 2.05) is 0 Å². The van der Waals surface area contributed by atoms with Crippen LogP contribution < -0.4 is 5.73 Å². The molecule has 0 aromatic heterocycles. The van der Waals surface area contributed by atoms with Gasteiger partial charge in [0.2, 0.25) is 5.78 Å². The molecule has 0 aliphatic rings. The van der Waals surface area contributed by atoms with Crippen molar-refractivity contribution in [2.45, 2.75) is 12.2 Å². The maximum atomic E-state index is 10.2. The van der Waals surface area contributed by atoms with Crippen LogP contribution in [-0.2, 0) is 9.13 Å². The first kappa shape index (κ1) is 11.2. The quantitative estimate of drug-likeness (QED) is 0.459. The molecule has 0 fully saturated rings. The van der Waals surface area contributed by atoms with Crippen LogP contribution in [0.3, 0.4) is 0 Å². The first-order chi connectivity index (χ1) is 4.83. The first-order valence-corrected chi connectivity index (χ1v) is 5.86. The highest BCUT2D eigenvalue weighted by molar-refractivity contribution is 7.51. The Balaban J connectivity index is 3.72. The summed E-state index contributed by atoms with van der Waals surface area (Å²) < 4.78 is 20.4. The SMILES string of the molecule is NC(CCP(=O)(O)O)[P+](=O)O. The molecular weight excluding hydrogens is 192 g/mol. The molecule has 2 atom stereocenters. The second-order valence-electron chi connectivity index (χ2n) is 2.05. The third-order valence-corrected chi connectivity index (χ3v) is 2.67. The molecule has 0 aliphatic heterocycles. The van der Waals surface area contributed by atoms with Gasteiger partial charge in [-0.05, 0) is 4.57 Å². The molecule has 11 heavy (non-hydrogen) atoms. The van der Waals surface area contributed by atoms with E-state index < -0.39 is 27.6 Å². The molecule has 8 heteroatoms. The standard InChI is InChI=1S/C3H9NO5P2/c4-3(10(5)6)1-2-11(7,8)9/h3H,1-2,4H2,(H2-,5,6,7,8,9)/p+1. The largest absolute Gasteiger partial charge is 0.524 e. The molecule has 0 bridgehead atoms. The molecule has 0 rings (SSSR count). The summed E-state index contributed by atoms with van der Waals surface area (Å²) in [6, 6.07) is 0. The zero-order valence-corrected chi connectivity index (χ0v) is 7.41. The zero-order valence-electron chi connectivity index (χ0n) is 5.62. The molecule has 0 spiro atoms. The predicted octanol–water partition coefficient (Wildman–Crippen LogP) is -0.426. The van der Waals surface area contributed by atoms with Crippen LogP contribution in [0.4, 0.5) is 0 Å². The number of nitrogens with two attached hydrogens (primary N) is 1. The number of rotatable bonds is 4. The molecule has 0 aromatic carbocycles. The van der Waals surface area contributed by atoms with Gasteiger partial charge in [-0.2, -0.15) is 4.89 Å². The van der Waals surface area contributed by atoms with Crippen molar-refractivity contribution in [2.24, 2.45) is 5.73 Å². The minimum absolute atomic E-state index is 0.143. The summed E-state index contributed by atoms with van der Waals surface area (Å²) >= 11 is 0. The summed E-state index contributed by atoms with van der Waals surface area (Å²) in [6.45, 7) is 0. The molecular formula is C3H10NO5P2+. The first-order valence-electron chi connectivity index (χ1n) is 2.78. The highest BCUT2D eigenvalue weighted by Crippen LogP contribution is 2.37. The summed E-state index contributed by atoms with van der Waals surface area (Å²) in [6.07, 6.45) is -0.591. The minimum atomic E-state index is -4.08. The van der Waals surface area contributed by atoms with E-state index >= 15 is 0 Å². The van der Waals surface area contributed by atoms with Crippen LogP contribution in [0, 0.1) is 0 Å². The summed E-state index contributed by atoms with van der Waals surface area (Å²) in [5.74, 6) is -1.04. The van der Waals surface area contributed by atoms with Gasteiger partial charge in [0, 0.05) is 6.42 Å². The summed E-state index contributed by atoms with van der Waals surface area (Å²) in [5.41, 5.74) is 5.05. The van der Waals surface area contributed by atoms with E-state index in [1.54, 1.807) is 0 Å². The van der Waals surface area contributed by atoms with Crippen molar-refractivity contribution in [1.29, 1.82) is 0 Å². The van der Waals surface area contributed by atoms with Crippen molar-refractivity contribution in [3.8, 4) is 0 Å². The molecule has 66 valence electrons. The molecule has 0 aromatic rings. The van der Waals surface area contributed by atoms with Gasteiger partial charge in [0.05, 0.1) is 6.16 Å². The summed E-state index contributed by atoms with van der Waals surface area (Å²) in [4.78, 5) is 25.0. The van der Waals surface area contributed by atoms with E-state index in [4.69, 9.17) is 20.4 Å². The van der Waals surface area contributed by atoms with Gasteiger partial charge in [-0.3, -0.25) is 10.3 Å². The number of hydrogen-bond acceptors (Lipinski definition) is 3. The Bertz CT molecular complexity index is 188. The van der Waals surface area contributed by atoms with E-state index in [1.165, 1.54) is 0 Å². The van der Waals surface area contributed by atoms with E-state index in [0.717, 1.165) is 0 Å². The molecule has 5 N–H and O–H groups in total. The Hall–Kier alpha value is 0.170. The lowest BCUT2D eigenvalue weighted by atomic mass is 10.5. The van der Waals surface area contributed by atoms with Crippen molar-refractivity contribution in [2.75, 3.05) is 6.16 Å². The van der Waals surface area contributed by atoms with Gasteiger partial charge in [0.25, 0.3) is 0 Å². The average Bonchev–Trinajstić information content (AvgIpc) is 1.80. The van der Waals surface area contributed by atoms with Crippen LogP contribution in [0.2, 0.25) is 0 Å². The van der Waals surface area contributed by atoms with E-state index in [2.05, 4.69) is 0 Å². The second kappa shape index (κ2) is 4.26. The Morgan fingerprint density at radius 3 is 2.27 bits per heavy atom. The van der Waals surface area contributed by atoms with Crippen molar-refractivity contribution in [3.63, 3.8) is 0 Å². The normalized spacial score (nSPS) is 16.2. The third kappa shape index (κ3) is 6.56. The molecule has 0 aliphatic carbocycles. The maximum Gasteiger partial charge on any atom is 0.524 e. The Morgan fingerprint density at radius 1 is 1.55 bits per heavy atom. The molecule has 2 unspecified atom stereocenters. The third-order valence-electron chi connectivity index (χ3n) is 1.000. The monoisotopic (exact) mass is 202 g/mol. The van der Waals surface area contributed by atoms with Crippen molar-refractivity contribution in [3.05, 3.63) is 0 Å². The van der Waals surface area contributed by atoms with E-state index in [-0.39, 0.29) is 6.42 Å². The topological polar surface area (TPSA) is 121 Å². The fraction of sp³-hybridized carbons (Fsp3) is 1.00. The summed E-state index contributed by atoms with van der Waals surface area (Å²) in [7, 11) is -6.61. The Morgan fingerprint density at radius 2 is 2.00 bits per heavy atom. The van der Waals surface area contributed by atoms with Crippen LogP contribution in [0.15, 0.2) is 0 Å². The van der Waals surface area contributed by atoms with Gasteiger partial charge in [0.15, 0.2) is 0 Å². The zero-order chi connectivity index (χ0) is 9.07. The van der Waals surface area contributed by atoms with Gasteiger partial charge < -0.3 is 9.79 Å². The second-order valence-corrected chi connectivity index (χ2v) is 5.09. The van der Waals surface area contributed by atoms with Gasteiger partial charge in [-0.15, -0.1) is 0 Å². The van der Waals surface area contributed by atoms with E-state index in [9.17, 15) is 9.13 Å². The van der Waals surface area contributed by atoms with Crippen LogP contribution >= 0.6 is 15.6 Å². The fourth-order valence-corrected chi connectivity index (χ4v) is 1.58. The Labute approximate surface area is 64.4 Å². The van der Waals surface area contributed by atoms with Gasteiger partial charge in [-0.25, -0.2) is 0 Å². The van der Waals surface area contributed by atoms with Crippen molar-refractivity contribution < 1.29 is 23.8 Å². The fourth-order valence-electron chi connectivity index (χ4n) is 0.411. The highest BCUT2D eigenvalue weighted by Gasteiger charge is 2.27. The van der Waals surface area contributed by atoms with Crippen molar-refractivity contribution in [1.82, 2.24) is 0 Å². The molecule has 6 nitrogen and oxygen atoms in total. The van der Waals surface area contributed by atoms with Gasteiger partial charge >= 0.3 is 15.6 Å². The molecule has 0 amide bonds. The van der Waals surface area contributed by atoms with Crippen LogP contribution in [0.1, 0.15) is 6.42 Å². The van der Waals surface area contributed by atoms with Crippen LogP contribution in [0.5, 0.6) is 0 Å². The average molecular weight is 202 g/mol. The van der Waals surface area contributed by atoms with Crippen molar-refractivity contribution >= 4 is 15.6 Å². The van der Waals surface area contributed by atoms with Crippen LogP contribution in [-0.4, -0.2) is 26.6 Å². The molecule has 0 heterocycles. The predicted molar refractivity (Wildman–Crippen MR) is 39.3 cm³/mol. The molecule has 0 saturated carbocycles. The van der Waals surface area contributed by atoms with E-state index in [0.29, 0.717) is 0 Å².